The highest BCUT2D eigenvalue weighted by molar-refractivity contribution is 5.68. The molecule has 162 valence electrons. The molecule has 1 aromatic heterocycles. The van der Waals surface area contributed by atoms with Crippen molar-refractivity contribution in [2.45, 2.75) is 44.9 Å². The van der Waals surface area contributed by atoms with Crippen LogP contribution in [0.2, 0.25) is 0 Å². The third kappa shape index (κ3) is 4.74. The van der Waals surface area contributed by atoms with Crippen LogP contribution in [0, 0.1) is 0 Å². The highest BCUT2D eigenvalue weighted by Crippen LogP contribution is 2.37. The quantitative estimate of drug-likeness (QED) is 0.521. The van der Waals surface area contributed by atoms with Gasteiger partial charge >= 0.3 is 5.97 Å². The standard InChI is InChI=1S/C25H27NO5/c1-3-23-22(26-25(31-23)16-6-8-19(29-2)9-7-16)12-13-30-20-10-11-21-17(14-20)4-5-18(21)15-24(27)28/h6-11,14,18H,3-5,12-13,15H2,1-2H3,(H,27,28). The fraction of sp³-hybridized carbons (Fsp3) is 0.360. The third-order valence-electron chi connectivity index (χ3n) is 5.78. The summed E-state index contributed by atoms with van der Waals surface area (Å²) in [5, 5.41) is 9.08. The van der Waals surface area contributed by atoms with Crippen LogP contribution in [-0.4, -0.2) is 29.8 Å². The molecule has 4 rings (SSSR count). The Balaban J connectivity index is 1.39. The van der Waals surface area contributed by atoms with Crippen molar-refractivity contribution in [1.82, 2.24) is 4.98 Å². The maximum atomic E-state index is 11.0. The molecule has 0 saturated carbocycles. The Labute approximate surface area is 181 Å². The van der Waals surface area contributed by atoms with E-state index in [1.165, 1.54) is 5.56 Å². The lowest BCUT2D eigenvalue weighted by Gasteiger charge is -2.10. The number of ether oxygens (including phenoxy) is 2. The van der Waals surface area contributed by atoms with Crippen molar-refractivity contribution in [2.24, 2.45) is 0 Å². The van der Waals surface area contributed by atoms with E-state index in [2.05, 4.69) is 6.92 Å². The monoisotopic (exact) mass is 421 g/mol. The molecule has 0 saturated heterocycles. The molecule has 1 aliphatic rings. The highest BCUT2D eigenvalue weighted by atomic mass is 16.5. The molecule has 31 heavy (non-hydrogen) atoms. The van der Waals surface area contributed by atoms with Crippen LogP contribution in [0.25, 0.3) is 11.5 Å². The SMILES string of the molecule is CCc1oc(-c2ccc(OC)cc2)nc1CCOc1ccc2c(c1)CCC2CC(=O)O. The number of aliphatic carboxylic acids is 1. The number of aromatic nitrogens is 1. The number of carboxylic acid groups (broad SMARTS) is 1. The number of hydrogen-bond donors (Lipinski definition) is 1. The fourth-order valence-corrected chi connectivity index (χ4v) is 4.17. The van der Waals surface area contributed by atoms with Crippen molar-refractivity contribution in [3.05, 3.63) is 65.0 Å². The van der Waals surface area contributed by atoms with Gasteiger partial charge in [-0.05, 0) is 66.3 Å². The Hall–Kier alpha value is -3.28. The number of oxazole rings is 1. The minimum absolute atomic E-state index is 0.111. The van der Waals surface area contributed by atoms with Crippen molar-refractivity contribution in [3.8, 4) is 23.0 Å². The average molecular weight is 421 g/mol. The van der Waals surface area contributed by atoms with E-state index < -0.39 is 5.97 Å². The predicted molar refractivity (Wildman–Crippen MR) is 117 cm³/mol. The van der Waals surface area contributed by atoms with Gasteiger partial charge in [0.15, 0.2) is 0 Å². The summed E-state index contributed by atoms with van der Waals surface area (Å²) >= 11 is 0. The molecule has 1 atom stereocenters. The van der Waals surface area contributed by atoms with Gasteiger partial charge in [0.2, 0.25) is 5.89 Å². The third-order valence-corrected chi connectivity index (χ3v) is 5.78. The first-order chi connectivity index (χ1) is 15.1. The normalized spacial score (nSPS) is 15.0. The van der Waals surface area contributed by atoms with Crippen LogP contribution in [-0.2, 0) is 24.1 Å². The number of methoxy groups -OCH3 is 1. The van der Waals surface area contributed by atoms with Gasteiger partial charge in [-0.2, -0.15) is 0 Å². The molecule has 1 N–H and O–H groups in total. The Morgan fingerprint density at radius 1 is 1.19 bits per heavy atom. The summed E-state index contributed by atoms with van der Waals surface area (Å²) in [5.41, 5.74) is 4.16. The molecule has 0 amide bonds. The number of rotatable bonds is 9. The fourth-order valence-electron chi connectivity index (χ4n) is 4.17. The van der Waals surface area contributed by atoms with Gasteiger partial charge in [0.05, 0.1) is 25.8 Å². The summed E-state index contributed by atoms with van der Waals surface area (Å²) in [6.45, 7) is 2.55. The van der Waals surface area contributed by atoms with E-state index in [4.69, 9.17) is 24.0 Å². The highest BCUT2D eigenvalue weighted by Gasteiger charge is 2.25. The molecule has 0 radical (unpaired) electrons. The summed E-state index contributed by atoms with van der Waals surface area (Å²) in [7, 11) is 1.64. The molecular weight excluding hydrogens is 394 g/mol. The maximum absolute atomic E-state index is 11.0. The summed E-state index contributed by atoms with van der Waals surface area (Å²) in [4.78, 5) is 15.7. The van der Waals surface area contributed by atoms with Crippen LogP contribution in [0.4, 0.5) is 0 Å². The van der Waals surface area contributed by atoms with E-state index in [1.807, 2.05) is 42.5 Å². The van der Waals surface area contributed by atoms with Gasteiger partial charge in [-0.3, -0.25) is 4.79 Å². The van der Waals surface area contributed by atoms with Gasteiger partial charge in [0.25, 0.3) is 0 Å². The van der Waals surface area contributed by atoms with Gasteiger partial charge in [0.1, 0.15) is 17.3 Å². The number of nitrogens with zero attached hydrogens (tertiary/aromatic N) is 1. The molecule has 1 unspecified atom stereocenters. The van der Waals surface area contributed by atoms with Gasteiger partial charge < -0.3 is 19.0 Å². The number of aryl methyl sites for hydroxylation is 2. The molecule has 6 nitrogen and oxygen atoms in total. The first kappa shape index (κ1) is 21.0. The molecule has 1 aliphatic carbocycles. The van der Waals surface area contributed by atoms with Crippen molar-refractivity contribution < 1.29 is 23.8 Å². The maximum Gasteiger partial charge on any atom is 0.303 e. The molecule has 2 aromatic carbocycles. The second-order valence-corrected chi connectivity index (χ2v) is 7.76. The zero-order chi connectivity index (χ0) is 21.8. The van der Waals surface area contributed by atoms with Gasteiger partial charge in [0, 0.05) is 18.4 Å². The largest absolute Gasteiger partial charge is 0.497 e. The molecule has 0 spiro atoms. The molecule has 6 heteroatoms. The first-order valence-electron chi connectivity index (χ1n) is 10.7. The van der Waals surface area contributed by atoms with Crippen LogP contribution >= 0.6 is 0 Å². The van der Waals surface area contributed by atoms with E-state index in [0.29, 0.717) is 18.9 Å². The van der Waals surface area contributed by atoms with Crippen LogP contribution < -0.4 is 9.47 Å². The predicted octanol–water partition coefficient (Wildman–Crippen LogP) is 5.04. The van der Waals surface area contributed by atoms with Crippen LogP contribution in [0.5, 0.6) is 11.5 Å². The summed E-state index contributed by atoms with van der Waals surface area (Å²) in [6, 6.07) is 13.7. The Bertz CT molecular complexity index is 1050. The molecule has 1 heterocycles. The number of benzene rings is 2. The lowest BCUT2D eigenvalue weighted by molar-refractivity contribution is -0.137. The zero-order valence-electron chi connectivity index (χ0n) is 17.9. The zero-order valence-corrected chi connectivity index (χ0v) is 17.9. The van der Waals surface area contributed by atoms with Crippen LogP contribution in [0.3, 0.4) is 0 Å². The lowest BCUT2D eigenvalue weighted by atomic mass is 9.98. The Kier molecular flexibility index (Phi) is 6.26. The van der Waals surface area contributed by atoms with Crippen molar-refractivity contribution >= 4 is 5.97 Å². The van der Waals surface area contributed by atoms with E-state index in [9.17, 15) is 4.79 Å². The molecule has 0 fully saturated rings. The van der Waals surface area contributed by atoms with E-state index in [1.54, 1.807) is 7.11 Å². The summed E-state index contributed by atoms with van der Waals surface area (Å²) in [6.07, 6.45) is 3.40. The number of carbonyl (C=O) groups is 1. The van der Waals surface area contributed by atoms with Gasteiger partial charge in [-0.15, -0.1) is 0 Å². The van der Waals surface area contributed by atoms with E-state index in [-0.39, 0.29) is 12.3 Å². The second kappa shape index (κ2) is 9.25. The van der Waals surface area contributed by atoms with Gasteiger partial charge in [-0.25, -0.2) is 4.98 Å². The summed E-state index contributed by atoms with van der Waals surface area (Å²) < 4.78 is 17.2. The Morgan fingerprint density at radius 3 is 2.68 bits per heavy atom. The summed E-state index contributed by atoms with van der Waals surface area (Å²) in [5.74, 6) is 2.46. The smallest absolute Gasteiger partial charge is 0.303 e. The molecular formula is C25H27NO5. The number of carboxylic acids is 1. The van der Waals surface area contributed by atoms with Crippen molar-refractivity contribution in [3.63, 3.8) is 0 Å². The van der Waals surface area contributed by atoms with Crippen LogP contribution in [0.1, 0.15) is 48.3 Å². The van der Waals surface area contributed by atoms with Crippen molar-refractivity contribution in [1.29, 1.82) is 0 Å². The van der Waals surface area contributed by atoms with E-state index in [0.717, 1.165) is 53.3 Å². The molecule has 0 aliphatic heterocycles. The topological polar surface area (TPSA) is 81.8 Å². The average Bonchev–Trinajstić information content (AvgIpc) is 3.37. The second-order valence-electron chi connectivity index (χ2n) is 7.76. The number of fused-ring (bicyclic) bond motifs is 1. The number of hydrogen-bond acceptors (Lipinski definition) is 5. The minimum atomic E-state index is -0.744. The Morgan fingerprint density at radius 2 is 1.97 bits per heavy atom. The molecule has 3 aromatic rings. The van der Waals surface area contributed by atoms with Gasteiger partial charge in [-0.1, -0.05) is 13.0 Å². The van der Waals surface area contributed by atoms with Crippen molar-refractivity contribution in [2.75, 3.05) is 13.7 Å². The lowest BCUT2D eigenvalue weighted by Crippen LogP contribution is -2.05. The van der Waals surface area contributed by atoms with E-state index >= 15 is 0 Å². The first-order valence-corrected chi connectivity index (χ1v) is 10.7. The molecule has 0 bridgehead atoms. The van der Waals surface area contributed by atoms with Crippen LogP contribution in [0.15, 0.2) is 46.9 Å². The minimum Gasteiger partial charge on any atom is -0.497 e.